The molecule has 0 bridgehead atoms. The molecule has 1 unspecified atom stereocenters. The van der Waals surface area contributed by atoms with Crippen molar-refractivity contribution in [3.8, 4) is 0 Å². The van der Waals surface area contributed by atoms with E-state index < -0.39 is 0 Å². The fraction of sp³-hybridized carbons (Fsp3) is 0.647. The number of nitrogens with one attached hydrogen (secondary N) is 1. The van der Waals surface area contributed by atoms with Crippen molar-refractivity contribution in [1.29, 1.82) is 0 Å². The predicted octanol–water partition coefficient (Wildman–Crippen LogP) is 4.92. The zero-order valence-electron chi connectivity index (χ0n) is 14.2. The lowest BCUT2D eigenvalue weighted by atomic mass is 10.1. The molecule has 21 heavy (non-hydrogen) atoms. The van der Waals surface area contributed by atoms with Gasteiger partial charge in [0.1, 0.15) is 0 Å². The Bertz CT molecular complexity index is 443. The van der Waals surface area contributed by atoms with Gasteiger partial charge in [-0.3, -0.25) is 0 Å². The summed E-state index contributed by atoms with van der Waals surface area (Å²) in [4.78, 5) is 2.36. The van der Waals surface area contributed by atoms with Crippen LogP contribution in [0.2, 0.25) is 0 Å². The molecule has 1 aromatic rings. The van der Waals surface area contributed by atoms with Crippen molar-refractivity contribution in [3.63, 3.8) is 0 Å². The summed E-state index contributed by atoms with van der Waals surface area (Å²) >= 11 is 5.64. The highest BCUT2D eigenvalue weighted by molar-refractivity contribution is 9.10. The highest BCUT2D eigenvalue weighted by Crippen LogP contribution is 2.28. The van der Waals surface area contributed by atoms with Gasteiger partial charge in [-0.25, -0.2) is 0 Å². The van der Waals surface area contributed by atoms with Gasteiger partial charge in [-0.1, -0.05) is 6.07 Å². The third-order valence-electron chi connectivity index (χ3n) is 3.62. The predicted molar refractivity (Wildman–Crippen MR) is 102 cm³/mol. The lowest BCUT2D eigenvalue weighted by Crippen LogP contribution is -2.35. The Morgan fingerprint density at radius 3 is 2.52 bits per heavy atom. The van der Waals surface area contributed by atoms with Crippen molar-refractivity contribution in [1.82, 2.24) is 5.32 Å². The van der Waals surface area contributed by atoms with E-state index in [0.717, 1.165) is 6.54 Å². The number of hydrogen-bond donors (Lipinski definition) is 1. The zero-order valence-corrected chi connectivity index (χ0v) is 16.6. The van der Waals surface area contributed by atoms with Crippen molar-refractivity contribution in [2.24, 2.45) is 0 Å². The van der Waals surface area contributed by atoms with Crippen molar-refractivity contribution >= 4 is 33.4 Å². The van der Waals surface area contributed by atoms with Gasteiger partial charge in [0.2, 0.25) is 0 Å². The molecule has 1 aromatic carbocycles. The maximum Gasteiger partial charge on any atom is 0.0510 e. The minimum Gasteiger partial charge on any atom is -0.371 e. The molecule has 1 rings (SSSR count). The van der Waals surface area contributed by atoms with Crippen LogP contribution in [0, 0.1) is 0 Å². The Hall–Kier alpha value is -0.190. The minimum atomic E-state index is 0.147. The molecule has 0 fully saturated rings. The van der Waals surface area contributed by atoms with Crippen LogP contribution in [0.4, 0.5) is 5.69 Å². The molecular formula is C17H29BrN2S. The van der Waals surface area contributed by atoms with E-state index in [1.807, 2.05) is 11.8 Å². The van der Waals surface area contributed by atoms with Crippen LogP contribution >= 0.6 is 27.7 Å². The smallest absolute Gasteiger partial charge is 0.0510 e. The van der Waals surface area contributed by atoms with Crippen LogP contribution in [-0.2, 0) is 6.54 Å². The highest BCUT2D eigenvalue weighted by atomic mass is 79.9. The van der Waals surface area contributed by atoms with E-state index in [2.05, 4.69) is 85.3 Å². The van der Waals surface area contributed by atoms with Gasteiger partial charge >= 0.3 is 0 Å². The molecule has 0 aliphatic heterocycles. The number of rotatable bonds is 7. The number of anilines is 1. The molecule has 120 valence electrons. The molecule has 0 saturated heterocycles. The molecule has 0 radical (unpaired) electrons. The average Bonchev–Trinajstić information content (AvgIpc) is 2.41. The van der Waals surface area contributed by atoms with Crippen LogP contribution < -0.4 is 10.2 Å². The van der Waals surface area contributed by atoms with Crippen LogP contribution in [-0.4, -0.2) is 30.6 Å². The van der Waals surface area contributed by atoms with Crippen LogP contribution in [0.1, 0.15) is 39.7 Å². The SMILES string of the molecule is CSCCC(C)N(C)c1ccc(CNC(C)(C)C)cc1Br. The molecular weight excluding hydrogens is 344 g/mol. The van der Waals surface area contributed by atoms with Crippen molar-refractivity contribution in [2.45, 2.75) is 52.2 Å². The maximum absolute atomic E-state index is 3.73. The van der Waals surface area contributed by atoms with Gasteiger partial charge in [0, 0.05) is 29.6 Å². The first-order chi connectivity index (χ1) is 9.74. The fourth-order valence-corrected chi connectivity index (χ4v) is 3.32. The van der Waals surface area contributed by atoms with E-state index in [1.54, 1.807) is 0 Å². The van der Waals surface area contributed by atoms with E-state index in [0.29, 0.717) is 6.04 Å². The van der Waals surface area contributed by atoms with Gasteiger partial charge < -0.3 is 10.2 Å². The van der Waals surface area contributed by atoms with Gasteiger partial charge in [-0.05, 0) is 79.8 Å². The van der Waals surface area contributed by atoms with E-state index in [4.69, 9.17) is 0 Å². The quantitative estimate of drug-likeness (QED) is 0.731. The number of benzene rings is 1. The summed E-state index contributed by atoms with van der Waals surface area (Å²) in [7, 11) is 2.18. The van der Waals surface area contributed by atoms with Gasteiger partial charge in [0.15, 0.2) is 0 Å². The average molecular weight is 373 g/mol. The normalized spacial score (nSPS) is 13.3. The largest absolute Gasteiger partial charge is 0.371 e. The number of thioether (sulfide) groups is 1. The molecule has 0 heterocycles. The third kappa shape index (κ3) is 6.62. The van der Waals surface area contributed by atoms with E-state index in [-0.39, 0.29) is 5.54 Å². The first-order valence-corrected chi connectivity index (χ1v) is 9.68. The molecule has 1 atom stereocenters. The summed E-state index contributed by atoms with van der Waals surface area (Å²) in [5.41, 5.74) is 2.72. The lowest BCUT2D eigenvalue weighted by molar-refractivity contribution is 0.424. The third-order valence-corrected chi connectivity index (χ3v) is 4.89. The van der Waals surface area contributed by atoms with Crippen LogP contribution in [0.3, 0.4) is 0 Å². The molecule has 0 aromatic heterocycles. The van der Waals surface area contributed by atoms with Gasteiger partial charge in [0.25, 0.3) is 0 Å². The summed E-state index contributed by atoms with van der Waals surface area (Å²) in [6, 6.07) is 7.22. The molecule has 0 aliphatic carbocycles. The zero-order chi connectivity index (χ0) is 16.0. The molecule has 2 nitrogen and oxygen atoms in total. The van der Waals surface area contributed by atoms with Gasteiger partial charge in [0.05, 0.1) is 5.69 Å². The van der Waals surface area contributed by atoms with Crippen LogP contribution in [0.5, 0.6) is 0 Å². The molecule has 0 spiro atoms. The van der Waals surface area contributed by atoms with Gasteiger partial charge in [-0.15, -0.1) is 0 Å². The molecule has 0 aliphatic rings. The molecule has 1 N–H and O–H groups in total. The summed E-state index contributed by atoms with van der Waals surface area (Å²) in [6.45, 7) is 9.76. The first kappa shape index (κ1) is 18.9. The Labute approximate surface area is 143 Å². The Morgan fingerprint density at radius 2 is 2.00 bits per heavy atom. The molecule has 0 amide bonds. The Balaban J connectivity index is 2.73. The highest BCUT2D eigenvalue weighted by Gasteiger charge is 2.14. The van der Waals surface area contributed by atoms with E-state index in [9.17, 15) is 0 Å². The second-order valence-corrected chi connectivity index (χ2v) is 8.47. The van der Waals surface area contributed by atoms with Crippen molar-refractivity contribution < 1.29 is 0 Å². The fourth-order valence-electron chi connectivity index (χ4n) is 2.03. The lowest BCUT2D eigenvalue weighted by Gasteiger charge is -2.28. The second kappa shape index (κ2) is 8.44. The molecule has 4 heteroatoms. The number of hydrogen-bond acceptors (Lipinski definition) is 3. The standard InChI is InChI=1S/C17H29BrN2S/c1-13(9-10-21-6)20(5)16-8-7-14(11-15(16)18)12-19-17(2,3)4/h7-8,11,13,19H,9-10,12H2,1-6H3. The van der Waals surface area contributed by atoms with Crippen molar-refractivity contribution in [3.05, 3.63) is 28.2 Å². The summed E-state index contributed by atoms with van der Waals surface area (Å²) < 4.78 is 1.18. The van der Waals surface area contributed by atoms with E-state index >= 15 is 0 Å². The first-order valence-electron chi connectivity index (χ1n) is 7.50. The van der Waals surface area contributed by atoms with Crippen LogP contribution in [0.25, 0.3) is 0 Å². The second-order valence-electron chi connectivity index (χ2n) is 6.63. The summed E-state index contributed by atoms with van der Waals surface area (Å²) in [6.07, 6.45) is 3.37. The summed E-state index contributed by atoms with van der Waals surface area (Å²) in [5.74, 6) is 1.21. The summed E-state index contributed by atoms with van der Waals surface area (Å²) in [5, 5.41) is 3.53. The van der Waals surface area contributed by atoms with Gasteiger partial charge in [-0.2, -0.15) is 11.8 Å². The van der Waals surface area contributed by atoms with E-state index in [1.165, 1.54) is 27.9 Å². The number of halogens is 1. The Morgan fingerprint density at radius 1 is 1.33 bits per heavy atom. The maximum atomic E-state index is 3.73. The number of nitrogens with zero attached hydrogens (tertiary/aromatic N) is 1. The molecule has 0 saturated carbocycles. The van der Waals surface area contributed by atoms with Crippen LogP contribution in [0.15, 0.2) is 22.7 Å². The topological polar surface area (TPSA) is 15.3 Å². The van der Waals surface area contributed by atoms with Crippen molar-refractivity contribution in [2.75, 3.05) is 24.0 Å². The monoisotopic (exact) mass is 372 g/mol. The Kier molecular flexibility index (Phi) is 7.58. The minimum absolute atomic E-state index is 0.147.